The molecule has 3 aromatic heterocycles. The molecule has 0 saturated carbocycles. The number of para-hydroxylation sites is 3. The van der Waals surface area contributed by atoms with Crippen LogP contribution in [0.3, 0.4) is 0 Å². The first-order valence-corrected chi connectivity index (χ1v) is 18.3. The van der Waals surface area contributed by atoms with Gasteiger partial charge in [0.2, 0.25) is 0 Å². The van der Waals surface area contributed by atoms with Crippen molar-refractivity contribution in [2.24, 2.45) is 0 Å². The van der Waals surface area contributed by atoms with Crippen LogP contribution in [0.4, 0.5) is 0 Å². The van der Waals surface area contributed by atoms with Gasteiger partial charge in [0.1, 0.15) is 22.3 Å². The molecule has 8 aromatic carbocycles. The molecule has 5 heteroatoms. The number of furan rings is 2. The second kappa shape index (κ2) is 13.0. The molecule has 0 atom stereocenters. The van der Waals surface area contributed by atoms with E-state index in [0.29, 0.717) is 23.0 Å². The number of benzene rings is 8. The van der Waals surface area contributed by atoms with Crippen LogP contribution < -0.4 is 0 Å². The van der Waals surface area contributed by atoms with Gasteiger partial charge >= 0.3 is 0 Å². The molecule has 0 bridgehead atoms. The summed E-state index contributed by atoms with van der Waals surface area (Å²) >= 11 is 0. The van der Waals surface area contributed by atoms with Gasteiger partial charge in [0.05, 0.1) is 12.4 Å². The Bertz CT molecular complexity index is 3500. The number of aromatic nitrogens is 3. The van der Waals surface area contributed by atoms with E-state index in [1.165, 1.54) is 0 Å². The zero-order valence-electron chi connectivity index (χ0n) is 34.7. The first kappa shape index (κ1) is 27.0. The second-order valence-corrected chi connectivity index (χ2v) is 13.6. The van der Waals surface area contributed by atoms with Crippen LogP contribution in [-0.4, -0.2) is 15.0 Å². The Morgan fingerprint density at radius 3 is 1.59 bits per heavy atom. The largest absolute Gasteiger partial charge is 0.455 e. The Kier molecular flexibility index (Phi) is 6.29. The van der Waals surface area contributed by atoms with Crippen molar-refractivity contribution in [3.05, 3.63) is 188 Å². The van der Waals surface area contributed by atoms with E-state index in [9.17, 15) is 0 Å². The van der Waals surface area contributed by atoms with Gasteiger partial charge in [-0.25, -0.2) is 15.0 Å². The lowest BCUT2D eigenvalue weighted by atomic mass is 9.97. The third-order valence-electron chi connectivity index (χ3n) is 10.3. The number of hydrogen-bond acceptors (Lipinski definition) is 5. The van der Waals surface area contributed by atoms with E-state index < -0.39 is 6.04 Å². The molecular formula is C51H31N3O2. The summed E-state index contributed by atoms with van der Waals surface area (Å²) in [6, 6.07) is 50.2. The number of nitrogens with zero attached hydrogens (tertiary/aromatic N) is 3. The summed E-state index contributed by atoms with van der Waals surface area (Å²) in [5.41, 5.74) is 10.1. The fourth-order valence-electron chi connectivity index (χ4n) is 7.50. The maximum Gasteiger partial charge on any atom is 0.167 e. The Labute approximate surface area is 329 Å². The van der Waals surface area contributed by atoms with Gasteiger partial charge < -0.3 is 8.83 Å². The summed E-state index contributed by atoms with van der Waals surface area (Å²) in [5.74, 6) is 1.60. The number of hydrogen-bond donors (Lipinski definition) is 0. The Balaban J connectivity index is 0.958. The Hall–Kier alpha value is -7.63. The average molecular weight is 723 g/mol. The van der Waals surface area contributed by atoms with E-state index in [0.717, 1.165) is 82.8 Å². The summed E-state index contributed by atoms with van der Waals surface area (Å²) in [5, 5.41) is 3.93. The molecule has 0 aliphatic carbocycles. The third kappa shape index (κ3) is 5.45. The molecule has 11 aromatic rings. The van der Waals surface area contributed by atoms with Crippen molar-refractivity contribution in [2.75, 3.05) is 0 Å². The minimum atomic E-state index is -0.404. The Morgan fingerprint density at radius 2 is 0.857 bits per heavy atom. The van der Waals surface area contributed by atoms with Crippen LogP contribution in [0.15, 0.2) is 197 Å². The highest BCUT2D eigenvalue weighted by Gasteiger charge is 2.19. The number of rotatable bonds is 6. The van der Waals surface area contributed by atoms with Gasteiger partial charge in [-0.3, -0.25) is 0 Å². The normalized spacial score (nSPS) is 12.8. The minimum absolute atomic E-state index is 0.186. The van der Waals surface area contributed by atoms with E-state index in [2.05, 4.69) is 42.5 Å². The van der Waals surface area contributed by atoms with Gasteiger partial charge in [-0.1, -0.05) is 158 Å². The summed E-state index contributed by atoms with van der Waals surface area (Å²) in [6.45, 7) is 0. The maximum atomic E-state index is 8.36. The smallest absolute Gasteiger partial charge is 0.167 e. The molecule has 0 N–H and O–H groups in total. The standard InChI is InChI=1S/C51H31N3O2/c1-3-11-32(12-4-1)33-21-23-34(24-22-33)35-25-27-36(28-26-35)39-16-9-18-42-44-31-38(29-30-46(44)56-47(39)42)50-52-49(37-13-5-2-6-14-37)53-51(54-50)43-19-10-17-41-40-15-7-8-20-45(40)55-48(41)43/h1-31H/i1D,3D,4D,11D,12D. The third-order valence-corrected chi connectivity index (χ3v) is 10.3. The fourth-order valence-corrected chi connectivity index (χ4v) is 7.50. The summed E-state index contributed by atoms with van der Waals surface area (Å²) in [4.78, 5) is 15.1. The first-order chi connectivity index (χ1) is 29.8. The lowest BCUT2D eigenvalue weighted by Gasteiger charge is -2.09. The highest BCUT2D eigenvalue weighted by atomic mass is 16.3. The fraction of sp³-hybridized carbons (Fsp3) is 0. The summed E-state index contributed by atoms with van der Waals surface area (Å²) in [7, 11) is 0. The summed E-state index contributed by atoms with van der Waals surface area (Å²) in [6.07, 6.45) is 0. The molecule has 0 aliphatic rings. The van der Waals surface area contributed by atoms with Crippen molar-refractivity contribution in [1.82, 2.24) is 15.0 Å². The highest BCUT2D eigenvalue weighted by molar-refractivity contribution is 6.11. The molecule has 0 saturated heterocycles. The average Bonchev–Trinajstić information content (AvgIpc) is 3.89. The lowest BCUT2D eigenvalue weighted by molar-refractivity contribution is 0.669. The maximum absolute atomic E-state index is 8.36. The Morgan fingerprint density at radius 1 is 0.339 bits per heavy atom. The molecule has 11 rings (SSSR count). The van der Waals surface area contributed by atoms with Crippen LogP contribution in [0.5, 0.6) is 0 Å². The van der Waals surface area contributed by atoms with E-state index in [-0.39, 0.29) is 29.7 Å². The zero-order chi connectivity index (χ0) is 41.4. The van der Waals surface area contributed by atoms with Gasteiger partial charge in [-0.05, 0) is 58.1 Å². The number of fused-ring (bicyclic) bond motifs is 6. The quantitative estimate of drug-likeness (QED) is 0.171. The molecule has 5 nitrogen and oxygen atoms in total. The molecule has 0 aliphatic heterocycles. The van der Waals surface area contributed by atoms with Crippen molar-refractivity contribution in [1.29, 1.82) is 0 Å². The predicted molar refractivity (Wildman–Crippen MR) is 227 cm³/mol. The van der Waals surface area contributed by atoms with Crippen molar-refractivity contribution in [2.45, 2.75) is 0 Å². The van der Waals surface area contributed by atoms with Crippen LogP contribution in [0.2, 0.25) is 0 Å². The summed E-state index contributed by atoms with van der Waals surface area (Å²) < 4.78 is 53.7. The van der Waals surface area contributed by atoms with Crippen LogP contribution in [-0.2, 0) is 0 Å². The van der Waals surface area contributed by atoms with E-state index in [1.807, 2.05) is 103 Å². The van der Waals surface area contributed by atoms with Gasteiger partial charge in [0.25, 0.3) is 0 Å². The molecule has 56 heavy (non-hydrogen) atoms. The van der Waals surface area contributed by atoms with Gasteiger partial charge in [0, 0.05) is 38.2 Å². The highest BCUT2D eigenvalue weighted by Crippen LogP contribution is 2.39. The molecule has 3 heterocycles. The van der Waals surface area contributed by atoms with Crippen molar-refractivity contribution >= 4 is 43.9 Å². The van der Waals surface area contributed by atoms with Crippen LogP contribution in [0.25, 0.3) is 111 Å². The van der Waals surface area contributed by atoms with Crippen LogP contribution in [0, 0.1) is 0 Å². The van der Waals surface area contributed by atoms with Crippen LogP contribution in [0.1, 0.15) is 6.85 Å². The molecule has 0 unspecified atom stereocenters. The van der Waals surface area contributed by atoms with Crippen molar-refractivity contribution in [3.63, 3.8) is 0 Å². The van der Waals surface area contributed by atoms with Crippen molar-refractivity contribution < 1.29 is 15.7 Å². The van der Waals surface area contributed by atoms with Crippen LogP contribution >= 0.6 is 0 Å². The van der Waals surface area contributed by atoms with Gasteiger partial charge in [-0.2, -0.15) is 0 Å². The molecule has 0 fully saturated rings. The minimum Gasteiger partial charge on any atom is -0.455 e. The van der Waals surface area contributed by atoms with Gasteiger partial charge in [-0.15, -0.1) is 0 Å². The monoisotopic (exact) mass is 722 g/mol. The molecule has 0 radical (unpaired) electrons. The molecule has 0 amide bonds. The molecule has 262 valence electrons. The predicted octanol–water partition coefficient (Wildman–Crippen LogP) is 13.7. The second-order valence-electron chi connectivity index (χ2n) is 13.6. The van der Waals surface area contributed by atoms with E-state index in [4.69, 9.17) is 30.6 Å². The SMILES string of the molecule is [2H]c1c([2H])c([2H])c(-c2ccc(-c3ccc(-c4cccc5c4oc4ccc(-c6nc(-c7ccccc7)nc(-c7cccc8c7oc7ccccc78)n6)cc45)cc3)cc2)c([2H])c1[2H]. The van der Waals surface area contributed by atoms with Crippen molar-refractivity contribution in [3.8, 4) is 67.5 Å². The van der Waals surface area contributed by atoms with Gasteiger partial charge in [0.15, 0.2) is 17.5 Å². The molecule has 0 spiro atoms. The molecular weight excluding hydrogens is 687 g/mol. The zero-order valence-corrected chi connectivity index (χ0v) is 29.7. The first-order valence-electron chi connectivity index (χ1n) is 20.8. The lowest BCUT2D eigenvalue weighted by Crippen LogP contribution is -2.00. The van der Waals surface area contributed by atoms with E-state index >= 15 is 0 Å². The van der Waals surface area contributed by atoms with E-state index in [1.54, 1.807) is 12.1 Å². The topological polar surface area (TPSA) is 65.0 Å².